The molecule has 5 N–H and O–H groups in total. The van der Waals surface area contributed by atoms with Gasteiger partial charge in [0.15, 0.2) is 5.82 Å². The summed E-state index contributed by atoms with van der Waals surface area (Å²) in [6.45, 7) is 6.94. The number of H-pyrrole nitrogens is 1. The molecular formula is C25H35N7O2. The summed E-state index contributed by atoms with van der Waals surface area (Å²) in [5.74, 6) is 0.630. The minimum Gasteiger partial charge on any atom is -0.394 e. The van der Waals surface area contributed by atoms with Crippen LogP contribution >= 0.6 is 0 Å². The predicted molar refractivity (Wildman–Crippen MR) is 136 cm³/mol. The van der Waals surface area contributed by atoms with Gasteiger partial charge in [0.05, 0.1) is 17.7 Å². The highest BCUT2D eigenvalue weighted by Gasteiger charge is 2.25. The number of aliphatic hydroxyl groups is 1. The second kappa shape index (κ2) is 10.5. The van der Waals surface area contributed by atoms with Crippen molar-refractivity contribution < 1.29 is 5.11 Å². The van der Waals surface area contributed by atoms with Crippen molar-refractivity contribution in [1.29, 1.82) is 0 Å². The molecule has 0 bridgehead atoms. The zero-order valence-electron chi connectivity index (χ0n) is 20.1. The molecule has 0 aliphatic carbocycles. The first-order valence-electron chi connectivity index (χ1n) is 12.2. The van der Waals surface area contributed by atoms with E-state index in [1.54, 1.807) is 18.5 Å². The van der Waals surface area contributed by atoms with E-state index in [2.05, 4.69) is 37.1 Å². The number of aliphatic hydroxyl groups excluding tert-OH is 1. The van der Waals surface area contributed by atoms with Gasteiger partial charge in [0.25, 0.3) is 0 Å². The van der Waals surface area contributed by atoms with Gasteiger partial charge in [0, 0.05) is 30.6 Å². The molecule has 0 radical (unpaired) electrons. The number of hydrogen-bond acceptors (Lipinski definition) is 8. The number of aromatic nitrogens is 4. The topological polar surface area (TPSA) is 133 Å². The Labute approximate surface area is 199 Å². The molecule has 3 aromatic rings. The molecule has 0 amide bonds. The van der Waals surface area contributed by atoms with Crippen LogP contribution in [0.5, 0.6) is 0 Å². The van der Waals surface area contributed by atoms with Crippen LogP contribution in [-0.4, -0.2) is 55.2 Å². The first-order valence-corrected chi connectivity index (χ1v) is 12.2. The number of nitrogen functional groups attached to an aromatic ring is 1. The highest BCUT2D eigenvalue weighted by atomic mass is 16.3. The fourth-order valence-corrected chi connectivity index (χ4v) is 4.56. The molecule has 182 valence electrons. The number of pyridine rings is 2. The van der Waals surface area contributed by atoms with Gasteiger partial charge in [-0.05, 0) is 56.5 Å². The quantitative estimate of drug-likeness (QED) is 0.378. The zero-order valence-corrected chi connectivity index (χ0v) is 20.1. The molecule has 4 heterocycles. The van der Waals surface area contributed by atoms with Crippen molar-refractivity contribution in [2.75, 3.05) is 30.7 Å². The molecule has 9 heteroatoms. The van der Waals surface area contributed by atoms with E-state index in [9.17, 15) is 9.90 Å². The second-order valence-corrected chi connectivity index (χ2v) is 9.54. The lowest BCUT2D eigenvalue weighted by Crippen LogP contribution is -2.39. The summed E-state index contributed by atoms with van der Waals surface area (Å²) in [5, 5.41) is 13.4. The molecule has 0 saturated carbocycles. The van der Waals surface area contributed by atoms with Crippen LogP contribution in [-0.2, 0) is 6.54 Å². The summed E-state index contributed by atoms with van der Waals surface area (Å²) in [6.07, 6.45) is 10.0. The lowest BCUT2D eigenvalue weighted by molar-refractivity contribution is 0.212. The van der Waals surface area contributed by atoms with E-state index >= 15 is 0 Å². The third kappa shape index (κ3) is 5.53. The van der Waals surface area contributed by atoms with Crippen molar-refractivity contribution in [2.45, 2.75) is 64.5 Å². The van der Waals surface area contributed by atoms with E-state index in [0.29, 0.717) is 16.9 Å². The molecule has 0 unspecified atom stereocenters. The Bertz CT molecular complexity index is 1190. The summed E-state index contributed by atoms with van der Waals surface area (Å²) >= 11 is 0. The van der Waals surface area contributed by atoms with E-state index in [-0.39, 0.29) is 18.1 Å². The van der Waals surface area contributed by atoms with Gasteiger partial charge in [0.2, 0.25) is 11.5 Å². The molecule has 0 spiro atoms. The number of piperidine rings is 1. The van der Waals surface area contributed by atoms with Gasteiger partial charge in [-0.3, -0.25) is 14.7 Å². The van der Waals surface area contributed by atoms with Crippen molar-refractivity contribution in [1.82, 2.24) is 24.8 Å². The maximum atomic E-state index is 12.2. The fraction of sp³-hybridized carbons (Fsp3) is 0.520. The van der Waals surface area contributed by atoms with E-state index in [0.717, 1.165) is 55.6 Å². The van der Waals surface area contributed by atoms with Gasteiger partial charge < -0.3 is 21.1 Å². The Morgan fingerprint density at radius 2 is 2.03 bits per heavy atom. The van der Waals surface area contributed by atoms with Crippen LogP contribution in [0.2, 0.25) is 0 Å². The number of unbranched alkanes of at least 4 members (excludes halogenated alkanes) is 1. The number of rotatable bonds is 9. The summed E-state index contributed by atoms with van der Waals surface area (Å²) in [7, 11) is 0. The standard InChI is InChI=1S/C25H35N7O2/c1-3-4-8-25(2,16-33)31-23-22-20(29-24(26)30-23)11-17(13-28-22)19-12-21(34)27-14-18(19)15-32-9-6-5-7-10-32/h11-14,33H,3-10,15-16H2,1-2H3,(H,27,34)(H3,26,29,30,31)/t25-/m1/s1. The average Bonchev–Trinajstić information content (AvgIpc) is 2.84. The lowest BCUT2D eigenvalue weighted by Gasteiger charge is -2.29. The van der Waals surface area contributed by atoms with E-state index < -0.39 is 5.54 Å². The Balaban J connectivity index is 1.71. The summed E-state index contributed by atoms with van der Waals surface area (Å²) < 4.78 is 0. The van der Waals surface area contributed by atoms with Crippen LogP contribution in [0, 0.1) is 0 Å². The van der Waals surface area contributed by atoms with Crippen molar-refractivity contribution >= 4 is 22.8 Å². The van der Waals surface area contributed by atoms with E-state index in [1.165, 1.54) is 19.3 Å². The van der Waals surface area contributed by atoms with Crippen LogP contribution in [0.1, 0.15) is 57.9 Å². The van der Waals surface area contributed by atoms with Crippen LogP contribution in [0.15, 0.2) is 29.3 Å². The minimum atomic E-state index is -0.543. The van der Waals surface area contributed by atoms with Gasteiger partial charge >= 0.3 is 0 Å². The fourth-order valence-electron chi connectivity index (χ4n) is 4.56. The average molecular weight is 466 g/mol. The number of anilines is 2. The number of likely N-dealkylation sites (tertiary alicyclic amines) is 1. The monoisotopic (exact) mass is 465 g/mol. The number of hydrogen-bond donors (Lipinski definition) is 4. The number of nitrogens with one attached hydrogen (secondary N) is 2. The molecule has 9 nitrogen and oxygen atoms in total. The molecular weight excluding hydrogens is 430 g/mol. The first-order chi connectivity index (χ1) is 16.4. The normalized spacial score (nSPS) is 16.4. The Morgan fingerprint density at radius 3 is 2.76 bits per heavy atom. The molecule has 1 saturated heterocycles. The molecule has 1 aliphatic heterocycles. The molecule has 34 heavy (non-hydrogen) atoms. The first kappa shape index (κ1) is 24.1. The van der Waals surface area contributed by atoms with Crippen molar-refractivity contribution in [3.63, 3.8) is 0 Å². The molecule has 4 rings (SSSR count). The minimum absolute atomic E-state index is 0.0386. The SMILES string of the molecule is CCCC[C@](C)(CO)Nc1nc(N)nc2cc(-c3cc(=O)[nH]cc3CN3CCCCC3)cnc12. The van der Waals surface area contributed by atoms with Gasteiger partial charge in [-0.25, -0.2) is 4.98 Å². The second-order valence-electron chi connectivity index (χ2n) is 9.54. The van der Waals surface area contributed by atoms with Gasteiger partial charge in [0.1, 0.15) is 5.52 Å². The van der Waals surface area contributed by atoms with Crippen LogP contribution in [0.4, 0.5) is 11.8 Å². The van der Waals surface area contributed by atoms with Crippen molar-refractivity contribution in [3.05, 3.63) is 40.4 Å². The Morgan fingerprint density at radius 1 is 1.24 bits per heavy atom. The summed E-state index contributed by atoms with van der Waals surface area (Å²) in [5.41, 5.74) is 9.22. The van der Waals surface area contributed by atoms with E-state index in [4.69, 9.17) is 5.73 Å². The Kier molecular flexibility index (Phi) is 7.43. The van der Waals surface area contributed by atoms with Gasteiger partial charge in [-0.15, -0.1) is 0 Å². The molecule has 1 atom stereocenters. The largest absolute Gasteiger partial charge is 0.394 e. The highest BCUT2D eigenvalue weighted by Crippen LogP contribution is 2.30. The van der Waals surface area contributed by atoms with Gasteiger partial charge in [-0.2, -0.15) is 4.98 Å². The van der Waals surface area contributed by atoms with Crippen LogP contribution < -0.4 is 16.6 Å². The van der Waals surface area contributed by atoms with Gasteiger partial charge in [-0.1, -0.05) is 26.2 Å². The molecule has 1 fully saturated rings. The molecule has 1 aliphatic rings. The molecule has 3 aromatic heterocycles. The smallest absolute Gasteiger partial charge is 0.248 e. The highest BCUT2D eigenvalue weighted by molar-refractivity contribution is 5.89. The summed E-state index contributed by atoms with van der Waals surface area (Å²) in [6, 6.07) is 3.53. The predicted octanol–water partition coefficient (Wildman–Crippen LogP) is 3.30. The lowest BCUT2D eigenvalue weighted by atomic mass is 9.96. The summed E-state index contributed by atoms with van der Waals surface area (Å²) in [4.78, 5) is 30.9. The third-order valence-electron chi connectivity index (χ3n) is 6.57. The van der Waals surface area contributed by atoms with Crippen LogP contribution in [0.25, 0.3) is 22.2 Å². The van der Waals surface area contributed by atoms with E-state index in [1.807, 2.05) is 13.0 Å². The van der Waals surface area contributed by atoms with Crippen LogP contribution in [0.3, 0.4) is 0 Å². The maximum Gasteiger partial charge on any atom is 0.248 e. The number of fused-ring (bicyclic) bond motifs is 1. The third-order valence-corrected chi connectivity index (χ3v) is 6.57. The number of nitrogens with zero attached hydrogens (tertiary/aromatic N) is 4. The number of aromatic amines is 1. The van der Waals surface area contributed by atoms with Crippen molar-refractivity contribution in [3.8, 4) is 11.1 Å². The maximum absolute atomic E-state index is 12.2. The zero-order chi connectivity index (χ0) is 24.1. The molecule has 0 aromatic carbocycles. The number of nitrogens with two attached hydrogens (primary N) is 1. The Hall–Kier alpha value is -3.04. The van der Waals surface area contributed by atoms with Crippen molar-refractivity contribution in [2.24, 2.45) is 0 Å².